The third-order valence-electron chi connectivity index (χ3n) is 11.9. The van der Waals surface area contributed by atoms with Crippen molar-refractivity contribution in [2.45, 2.75) is 108 Å². The number of epoxide rings is 1. The molecule has 5 unspecified atom stereocenters. The second kappa shape index (κ2) is 6.85. The highest BCUT2D eigenvalue weighted by atomic mass is 16.6. The highest BCUT2D eigenvalue weighted by Gasteiger charge is 2.79. The van der Waals surface area contributed by atoms with Crippen molar-refractivity contribution in [2.75, 3.05) is 0 Å². The van der Waals surface area contributed by atoms with Crippen LogP contribution in [0.5, 0.6) is 0 Å². The third-order valence-corrected chi connectivity index (χ3v) is 11.9. The number of carbonyl (C=O) groups excluding carboxylic acids is 2. The molecule has 0 spiro atoms. The first-order valence-corrected chi connectivity index (χ1v) is 13.1. The van der Waals surface area contributed by atoms with Gasteiger partial charge in [-0.2, -0.15) is 0 Å². The molecular formula is C28H38O7. The quantitative estimate of drug-likeness (QED) is 0.406. The van der Waals surface area contributed by atoms with Crippen molar-refractivity contribution in [3.05, 3.63) is 23.3 Å². The van der Waals surface area contributed by atoms with Gasteiger partial charge in [0.1, 0.15) is 29.0 Å². The summed E-state index contributed by atoms with van der Waals surface area (Å²) in [4.78, 5) is 25.7. The second-order valence-electron chi connectivity index (χ2n) is 12.9. The topological polar surface area (TPSA) is 117 Å². The van der Waals surface area contributed by atoms with Crippen LogP contribution in [0.1, 0.15) is 73.1 Å². The number of esters is 1. The first kappa shape index (κ1) is 23.8. The zero-order valence-electron chi connectivity index (χ0n) is 21.3. The van der Waals surface area contributed by atoms with Crippen molar-refractivity contribution in [3.63, 3.8) is 0 Å². The van der Waals surface area contributed by atoms with Gasteiger partial charge in [-0.05, 0) is 83.6 Å². The van der Waals surface area contributed by atoms with Gasteiger partial charge in [0.2, 0.25) is 0 Å². The highest BCUT2D eigenvalue weighted by molar-refractivity contribution is 5.97. The van der Waals surface area contributed by atoms with Crippen LogP contribution in [0.15, 0.2) is 23.3 Å². The van der Waals surface area contributed by atoms with Gasteiger partial charge in [-0.1, -0.05) is 18.6 Å². The zero-order chi connectivity index (χ0) is 25.3. The van der Waals surface area contributed by atoms with E-state index in [4.69, 9.17) is 9.47 Å². The van der Waals surface area contributed by atoms with Crippen LogP contribution in [0.3, 0.4) is 0 Å². The normalized spacial score (nSPS) is 54.3. The van der Waals surface area contributed by atoms with E-state index in [0.717, 1.165) is 5.57 Å². The summed E-state index contributed by atoms with van der Waals surface area (Å²) in [7, 11) is 0. The Hall–Kier alpha value is -1.54. The van der Waals surface area contributed by atoms with E-state index in [1.807, 2.05) is 13.8 Å². The molecule has 1 saturated heterocycles. The van der Waals surface area contributed by atoms with E-state index in [2.05, 4.69) is 6.92 Å². The third kappa shape index (κ3) is 2.56. The van der Waals surface area contributed by atoms with E-state index >= 15 is 0 Å². The fourth-order valence-corrected chi connectivity index (χ4v) is 9.28. The molecule has 6 rings (SSSR count). The Bertz CT molecular complexity index is 1080. The summed E-state index contributed by atoms with van der Waals surface area (Å²) in [5.41, 5.74) is -4.45. The Morgan fingerprint density at radius 3 is 2.46 bits per heavy atom. The lowest BCUT2D eigenvalue weighted by atomic mass is 9.43. The van der Waals surface area contributed by atoms with Crippen LogP contribution in [0, 0.1) is 28.6 Å². The zero-order valence-corrected chi connectivity index (χ0v) is 21.3. The van der Waals surface area contributed by atoms with Gasteiger partial charge in [0.25, 0.3) is 0 Å². The summed E-state index contributed by atoms with van der Waals surface area (Å²) < 4.78 is 11.8. The van der Waals surface area contributed by atoms with Crippen LogP contribution >= 0.6 is 0 Å². The van der Waals surface area contributed by atoms with E-state index in [-0.39, 0.29) is 35.7 Å². The summed E-state index contributed by atoms with van der Waals surface area (Å²) in [6.07, 6.45) is 5.17. The molecule has 0 radical (unpaired) electrons. The van der Waals surface area contributed by atoms with E-state index in [9.17, 15) is 24.9 Å². The molecule has 7 heteroatoms. The Morgan fingerprint density at radius 1 is 1.09 bits per heavy atom. The van der Waals surface area contributed by atoms with E-state index in [1.165, 1.54) is 0 Å². The molecule has 6 aliphatic rings. The molecule has 0 aromatic carbocycles. The molecule has 3 N–H and O–H groups in total. The van der Waals surface area contributed by atoms with Gasteiger partial charge in [-0.3, -0.25) is 4.79 Å². The Balaban J connectivity index is 1.37. The lowest BCUT2D eigenvalue weighted by Gasteiger charge is -2.62. The number of carbonyl (C=O) groups is 2. The van der Waals surface area contributed by atoms with Crippen LogP contribution in [0.2, 0.25) is 0 Å². The minimum Gasteiger partial charge on any atom is -0.455 e. The fraction of sp³-hybridized carbons (Fsp3) is 0.786. The number of allylic oxidation sites excluding steroid dienone is 1. The largest absolute Gasteiger partial charge is 0.455 e. The van der Waals surface area contributed by atoms with E-state index < -0.39 is 39.7 Å². The fourth-order valence-electron chi connectivity index (χ4n) is 9.28. The average molecular weight is 487 g/mol. The Labute approximate surface area is 206 Å². The minimum absolute atomic E-state index is 0.0158. The van der Waals surface area contributed by atoms with Gasteiger partial charge < -0.3 is 24.8 Å². The van der Waals surface area contributed by atoms with Gasteiger partial charge in [0.05, 0.1) is 11.5 Å². The van der Waals surface area contributed by atoms with Crippen molar-refractivity contribution in [2.24, 2.45) is 28.6 Å². The first-order chi connectivity index (χ1) is 16.2. The van der Waals surface area contributed by atoms with E-state index in [0.29, 0.717) is 44.1 Å². The number of fused-ring (bicyclic) bond motifs is 8. The smallest absolute Gasteiger partial charge is 0.334 e. The molecule has 11 atom stereocenters. The number of hydrogen-bond donors (Lipinski definition) is 3. The van der Waals surface area contributed by atoms with Crippen LogP contribution in [-0.2, 0) is 19.1 Å². The van der Waals surface area contributed by atoms with E-state index in [1.54, 1.807) is 26.0 Å². The van der Waals surface area contributed by atoms with Crippen LogP contribution in [-0.4, -0.2) is 62.2 Å². The molecular weight excluding hydrogens is 448 g/mol. The molecule has 0 aromatic heterocycles. The van der Waals surface area contributed by atoms with Gasteiger partial charge >= 0.3 is 5.97 Å². The van der Waals surface area contributed by atoms with Crippen molar-refractivity contribution in [1.29, 1.82) is 0 Å². The molecule has 7 nitrogen and oxygen atoms in total. The number of rotatable bonds is 2. The molecule has 3 saturated carbocycles. The molecule has 4 aliphatic carbocycles. The maximum Gasteiger partial charge on any atom is 0.334 e. The minimum atomic E-state index is -1.65. The van der Waals surface area contributed by atoms with Gasteiger partial charge in [-0.25, -0.2) is 4.79 Å². The van der Waals surface area contributed by atoms with Crippen LogP contribution < -0.4 is 0 Å². The molecule has 35 heavy (non-hydrogen) atoms. The second-order valence-corrected chi connectivity index (χ2v) is 12.9. The summed E-state index contributed by atoms with van der Waals surface area (Å²) >= 11 is 0. The van der Waals surface area contributed by atoms with Crippen molar-refractivity contribution >= 4 is 11.8 Å². The van der Waals surface area contributed by atoms with Crippen molar-refractivity contribution in [1.82, 2.24) is 0 Å². The standard InChI is InChI=1S/C28H38O7/c1-14-13-19(34-23(30)15(14)2)26(5,31)28(33)12-9-16-20-17(8-11-24(16,28)3)25(4)18(29)7-6-10-27(25,32)22-21(20)35-22/h6-7,16-17,19-22,31-33H,8-13H2,1-5H3/t16?,17?,19?,20?,21-,22-,24-,25-,26-,27-,28?/m0/s1. The lowest BCUT2D eigenvalue weighted by molar-refractivity contribution is -0.256. The van der Waals surface area contributed by atoms with Gasteiger partial charge in [-0.15, -0.1) is 0 Å². The molecule has 192 valence electrons. The number of ether oxygens (including phenoxy) is 2. The van der Waals surface area contributed by atoms with Gasteiger partial charge in [0.15, 0.2) is 5.78 Å². The SMILES string of the molecule is CC1=C(C)C(=O)OC([C@](C)(O)C2(O)CCC3C4C(CC[C@@]32C)[C@@]2(C)C(=O)C=CC[C@]2(O)[C@H]2O[C@@H]42)C1. The average Bonchev–Trinajstić information content (AvgIpc) is 3.55. The summed E-state index contributed by atoms with van der Waals surface area (Å²) in [5.74, 6) is -0.499. The summed E-state index contributed by atoms with van der Waals surface area (Å²) in [5, 5.41) is 36.0. The molecule has 0 aromatic rings. The highest BCUT2D eigenvalue weighted by Crippen LogP contribution is 2.72. The molecule has 2 heterocycles. The number of hydrogen-bond acceptors (Lipinski definition) is 7. The monoisotopic (exact) mass is 486 g/mol. The maximum absolute atomic E-state index is 13.3. The van der Waals surface area contributed by atoms with Crippen LogP contribution in [0.4, 0.5) is 0 Å². The van der Waals surface area contributed by atoms with Crippen LogP contribution in [0.25, 0.3) is 0 Å². The predicted molar refractivity (Wildman–Crippen MR) is 126 cm³/mol. The maximum atomic E-state index is 13.3. The van der Waals surface area contributed by atoms with Crippen molar-refractivity contribution in [3.8, 4) is 0 Å². The summed E-state index contributed by atoms with van der Waals surface area (Å²) in [6, 6.07) is 0. The number of aliphatic hydroxyl groups is 3. The lowest BCUT2D eigenvalue weighted by Crippen LogP contribution is -2.71. The van der Waals surface area contributed by atoms with Crippen molar-refractivity contribution < 1.29 is 34.4 Å². The predicted octanol–water partition coefficient (Wildman–Crippen LogP) is 2.61. The summed E-state index contributed by atoms with van der Waals surface area (Å²) in [6.45, 7) is 9.18. The van der Waals surface area contributed by atoms with Gasteiger partial charge in [0, 0.05) is 17.4 Å². The number of cyclic esters (lactones) is 1. The molecule has 2 aliphatic heterocycles. The molecule has 0 bridgehead atoms. The first-order valence-electron chi connectivity index (χ1n) is 13.1. The number of ketones is 1. The molecule has 4 fully saturated rings. The Kier molecular flexibility index (Phi) is 4.67. The Morgan fingerprint density at radius 2 is 1.77 bits per heavy atom. The molecule has 0 amide bonds.